The number of nitrogens with two attached hydrogens (primary N) is 2. The molecule has 5 N–H and O–H groups in total. The Morgan fingerprint density at radius 2 is 2.03 bits per heavy atom. The highest BCUT2D eigenvalue weighted by atomic mass is 19.1. The molecule has 1 aromatic heterocycles. The molecular formula is C25H34FN5O3. The van der Waals surface area contributed by atoms with Crippen molar-refractivity contribution in [3.8, 4) is 5.69 Å². The molecule has 1 amide bonds. The van der Waals surface area contributed by atoms with Crippen LogP contribution in [0.4, 0.5) is 10.1 Å². The SMILES string of the molecule is Cc1nn(-c2cc(F)c(C(N)=O)c(NC3CCCCC3OC(=O)CN)c2)c2c1CCC(C)(C)C2. The van der Waals surface area contributed by atoms with E-state index in [1.165, 1.54) is 11.6 Å². The number of carbonyl (C=O) groups is 2. The van der Waals surface area contributed by atoms with E-state index in [1.54, 1.807) is 10.7 Å². The molecule has 184 valence electrons. The summed E-state index contributed by atoms with van der Waals surface area (Å²) in [5, 5.41) is 7.98. The number of anilines is 1. The van der Waals surface area contributed by atoms with Crippen molar-refractivity contribution in [1.29, 1.82) is 0 Å². The molecule has 2 aliphatic carbocycles. The minimum Gasteiger partial charge on any atom is -0.459 e. The van der Waals surface area contributed by atoms with Crippen molar-refractivity contribution in [3.63, 3.8) is 0 Å². The molecule has 8 nitrogen and oxygen atoms in total. The number of aromatic nitrogens is 2. The maximum Gasteiger partial charge on any atom is 0.320 e. The van der Waals surface area contributed by atoms with Crippen molar-refractivity contribution >= 4 is 17.6 Å². The number of fused-ring (bicyclic) bond motifs is 1. The number of ether oxygens (including phenoxy) is 1. The number of rotatable bonds is 6. The van der Waals surface area contributed by atoms with Crippen LogP contribution in [0, 0.1) is 18.2 Å². The zero-order chi connectivity index (χ0) is 24.6. The Bertz CT molecular complexity index is 1110. The van der Waals surface area contributed by atoms with Gasteiger partial charge in [0.15, 0.2) is 0 Å². The van der Waals surface area contributed by atoms with E-state index in [0.717, 1.165) is 43.5 Å². The highest BCUT2D eigenvalue weighted by Crippen LogP contribution is 2.38. The van der Waals surface area contributed by atoms with Gasteiger partial charge in [-0.2, -0.15) is 5.10 Å². The summed E-state index contributed by atoms with van der Waals surface area (Å²) in [6.45, 7) is 6.20. The number of nitrogens with one attached hydrogen (secondary N) is 1. The number of hydrogen-bond donors (Lipinski definition) is 3. The maximum absolute atomic E-state index is 15.3. The molecule has 1 fully saturated rings. The second-order valence-corrected chi connectivity index (χ2v) is 10.2. The fraction of sp³-hybridized carbons (Fsp3) is 0.560. The number of esters is 1. The Hall–Kier alpha value is -2.94. The van der Waals surface area contributed by atoms with Gasteiger partial charge in [-0.15, -0.1) is 0 Å². The van der Waals surface area contributed by atoms with Crippen molar-refractivity contribution in [3.05, 3.63) is 40.5 Å². The molecule has 0 saturated heterocycles. The van der Waals surface area contributed by atoms with Crippen LogP contribution >= 0.6 is 0 Å². The summed E-state index contributed by atoms with van der Waals surface area (Å²) >= 11 is 0. The first-order chi connectivity index (χ1) is 16.1. The largest absolute Gasteiger partial charge is 0.459 e. The third-order valence-corrected chi connectivity index (χ3v) is 7.05. The molecule has 1 saturated carbocycles. The predicted molar refractivity (Wildman–Crippen MR) is 127 cm³/mol. The van der Waals surface area contributed by atoms with Crippen LogP contribution in [0.1, 0.15) is 73.3 Å². The third kappa shape index (κ3) is 4.80. The fourth-order valence-electron chi connectivity index (χ4n) is 5.23. The average molecular weight is 472 g/mol. The van der Waals surface area contributed by atoms with E-state index in [4.69, 9.17) is 21.3 Å². The van der Waals surface area contributed by atoms with Gasteiger partial charge in [-0.1, -0.05) is 20.3 Å². The van der Waals surface area contributed by atoms with Gasteiger partial charge in [-0.25, -0.2) is 9.07 Å². The quantitative estimate of drug-likeness (QED) is 0.556. The predicted octanol–water partition coefficient (Wildman–Crippen LogP) is 3.16. The molecule has 34 heavy (non-hydrogen) atoms. The smallest absolute Gasteiger partial charge is 0.320 e. The molecule has 2 aliphatic rings. The molecule has 9 heteroatoms. The van der Waals surface area contributed by atoms with Crippen LogP contribution in [0.15, 0.2) is 12.1 Å². The molecule has 0 radical (unpaired) electrons. The van der Waals surface area contributed by atoms with E-state index in [2.05, 4.69) is 19.2 Å². The van der Waals surface area contributed by atoms with Gasteiger partial charge in [-0.05, 0) is 62.5 Å². The van der Waals surface area contributed by atoms with Crippen LogP contribution in [0.25, 0.3) is 5.69 Å². The lowest BCUT2D eigenvalue weighted by Gasteiger charge is -2.33. The van der Waals surface area contributed by atoms with Crippen LogP contribution in [0.3, 0.4) is 0 Å². The lowest BCUT2D eigenvalue weighted by atomic mass is 9.76. The number of carbonyl (C=O) groups excluding carboxylic acids is 2. The molecule has 2 aromatic rings. The van der Waals surface area contributed by atoms with Crippen molar-refractivity contribution in [2.24, 2.45) is 16.9 Å². The number of nitrogens with zero attached hydrogens (tertiary/aromatic N) is 2. The van der Waals surface area contributed by atoms with E-state index < -0.39 is 23.8 Å². The van der Waals surface area contributed by atoms with Gasteiger partial charge >= 0.3 is 5.97 Å². The summed E-state index contributed by atoms with van der Waals surface area (Å²) in [5.41, 5.74) is 14.9. The first-order valence-electron chi connectivity index (χ1n) is 12.0. The Kier molecular flexibility index (Phi) is 6.66. The summed E-state index contributed by atoms with van der Waals surface area (Å²) in [5.74, 6) is -2.07. The minimum atomic E-state index is -0.863. The number of aryl methyl sites for hydroxylation is 1. The average Bonchev–Trinajstić information content (AvgIpc) is 3.08. The number of primary amides is 1. The van der Waals surface area contributed by atoms with Crippen LogP contribution in [-0.4, -0.2) is 40.3 Å². The third-order valence-electron chi connectivity index (χ3n) is 7.05. The summed E-state index contributed by atoms with van der Waals surface area (Å²) in [6, 6.07) is 2.74. The van der Waals surface area contributed by atoms with Crippen molar-refractivity contribution in [1.82, 2.24) is 9.78 Å². The first-order valence-corrected chi connectivity index (χ1v) is 12.0. The van der Waals surface area contributed by atoms with Crippen LogP contribution in [-0.2, 0) is 22.4 Å². The molecule has 0 aliphatic heterocycles. The summed E-state index contributed by atoms with van der Waals surface area (Å²) in [4.78, 5) is 24.0. The van der Waals surface area contributed by atoms with Crippen molar-refractivity contribution < 1.29 is 18.7 Å². The van der Waals surface area contributed by atoms with Gasteiger partial charge in [0, 0.05) is 11.8 Å². The van der Waals surface area contributed by atoms with Crippen LogP contribution in [0.2, 0.25) is 0 Å². The molecule has 2 atom stereocenters. The Morgan fingerprint density at radius 1 is 1.29 bits per heavy atom. The minimum absolute atomic E-state index is 0.117. The summed E-state index contributed by atoms with van der Waals surface area (Å²) < 4.78 is 22.6. The Balaban J connectivity index is 1.74. The fourth-order valence-corrected chi connectivity index (χ4v) is 5.23. The molecule has 2 unspecified atom stereocenters. The number of amides is 1. The van der Waals surface area contributed by atoms with E-state index >= 15 is 4.39 Å². The first kappa shape index (κ1) is 24.2. The molecule has 1 heterocycles. The summed E-state index contributed by atoms with van der Waals surface area (Å²) in [6.07, 6.45) is 5.60. The van der Waals surface area contributed by atoms with Gasteiger partial charge in [-0.3, -0.25) is 9.59 Å². The lowest BCUT2D eigenvalue weighted by molar-refractivity contribution is -0.149. The standard InChI is InChI=1S/C25H34FN5O3/c1-14-16-8-9-25(2,3)12-20(16)31(30-14)15-10-17(26)23(24(28)33)19(11-15)29-18-6-4-5-7-21(18)34-22(32)13-27/h10-11,18,21,29H,4-9,12-13,27H2,1-3H3,(H2,28,33). The Labute approximate surface area is 199 Å². The second kappa shape index (κ2) is 9.37. The molecular weight excluding hydrogens is 437 g/mol. The van der Waals surface area contributed by atoms with Crippen LogP contribution in [0.5, 0.6) is 0 Å². The second-order valence-electron chi connectivity index (χ2n) is 10.2. The molecule has 1 aromatic carbocycles. The van der Waals surface area contributed by atoms with E-state index in [1.807, 2.05) is 6.92 Å². The lowest BCUT2D eigenvalue weighted by Crippen LogP contribution is -2.41. The highest BCUT2D eigenvalue weighted by Gasteiger charge is 2.32. The topological polar surface area (TPSA) is 125 Å². The van der Waals surface area contributed by atoms with E-state index in [0.29, 0.717) is 18.5 Å². The highest BCUT2D eigenvalue weighted by molar-refractivity contribution is 5.99. The normalized spacial score (nSPS) is 21.6. The maximum atomic E-state index is 15.3. The van der Waals surface area contributed by atoms with E-state index in [-0.39, 0.29) is 29.3 Å². The summed E-state index contributed by atoms with van der Waals surface area (Å²) in [7, 11) is 0. The Morgan fingerprint density at radius 3 is 2.74 bits per heavy atom. The zero-order valence-corrected chi connectivity index (χ0v) is 20.1. The van der Waals surface area contributed by atoms with E-state index in [9.17, 15) is 9.59 Å². The van der Waals surface area contributed by atoms with Gasteiger partial charge in [0.1, 0.15) is 11.9 Å². The number of hydrogen-bond acceptors (Lipinski definition) is 6. The zero-order valence-electron chi connectivity index (χ0n) is 20.1. The number of halogens is 1. The van der Waals surface area contributed by atoms with Crippen LogP contribution < -0.4 is 16.8 Å². The van der Waals surface area contributed by atoms with Gasteiger partial charge in [0.25, 0.3) is 5.91 Å². The monoisotopic (exact) mass is 471 g/mol. The molecule has 0 spiro atoms. The number of benzene rings is 1. The van der Waals surface area contributed by atoms with Crippen molar-refractivity contribution in [2.45, 2.75) is 77.9 Å². The molecule has 4 rings (SSSR count). The van der Waals surface area contributed by atoms with Gasteiger partial charge < -0.3 is 21.5 Å². The van der Waals surface area contributed by atoms with Gasteiger partial charge in [0.05, 0.1) is 35.2 Å². The van der Waals surface area contributed by atoms with Crippen molar-refractivity contribution in [2.75, 3.05) is 11.9 Å². The molecule has 0 bridgehead atoms. The van der Waals surface area contributed by atoms with Gasteiger partial charge in [0.2, 0.25) is 0 Å².